The van der Waals surface area contributed by atoms with Gasteiger partial charge in [-0.15, -0.1) is 82.2 Å². The summed E-state index contributed by atoms with van der Waals surface area (Å²) in [5.74, 6) is 0.995. The molecule has 3 atom stereocenters. The minimum absolute atomic E-state index is 0.277. The smallest absolute Gasteiger partial charge is 0.232 e. The molecule has 0 aromatic carbocycles. The van der Waals surface area contributed by atoms with Gasteiger partial charge in [0.25, 0.3) is 0 Å². The highest BCUT2D eigenvalue weighted by molar-refractivity contribution is 5.50. The molecule has 9 rings (SSSR count). The van der Waals surface area contributed by atoms with E-state index in [-0.39, 0.29) is 24.1 Å². The summed E-state index contributed by atoms with van der Waals surface area (Å²) in [5.41, 5.74) is -14.5. The van der Waals surface area contributed by atoms with Crippen LogP contribution in [0.3, 0.4) is 0 Å². The van der Waals surface area contributed by atoms with Crippen molar-refractivity contribution in [1.29, 1.82) is 0 Å². The Kier molecular flexibility index (Phi) is 16.8. The second kappa shape index (κ2) is 21.1. The number of hydrogen-bond donors (Lipinski definition) is 1. The highest BCUT2D eigenvalue weighted by atomic mass is 16.5. The zero-order valence-electron chi connectivity index (χ0n) is 59.3. The fourth-order valence-corrected chi connectivity index (χ4v) is 21.9. The van der Waals surface area contributed by atoms with Gasteiger partial charge in [-0.05, 0) is 283 Å². The summed E-state index contributed by atoms with van der Waals surface area (Å²) in [6, 6.07) is -1.90. The van der Waals surface area contributed by atoms with Gasteiger partial charge in [-0.2, -0.15) is 15.0 Å². The summed E-state index contributed by atoms with van der Waals surface area (Å²) in [7, 11) is 0. The fourth-order valence-electron chi connectivity index (χ4n) is 21.9. The minimum Gasteiger partial charge on any atom is -0.351 e. The number of aromatic nitrogens is 3. The number of nitrogens with one attached hydrogen (secondary N) is 1. The Labute approximate surface area is 529 Å². The van der Waals surface area contributed by atoms with E-state index in [0.717, 1.165) is 0 Å². The van der Waals surface area contributed by atoms with Gasteiger partial charge in [-0.25, -0.2) is 0 Å². The molecular formula is C66H116N14O8. The summed E-state index contributed by atoms with van der Waals surface area (Å²) >= 11 is 0. The van der Waals surface area contributed by atoms with Crippen molar-refractivity contribution < 1.29 is 41.7 Å². The maximum absolute atomic E-state index is 15.5. The van der Waals surface area contributed by atoms with Crippen molar-refractivity contribution in [3.63, 3.8) is 0 Å². The molecule has 3 spiro atoms. The molecule has 498 valence electrons. The normalized spacial score (nSPS) is 34.2. The van der Waals surface area contributed by atoms with Crippen LogP contribution in [0.25, 0.3) is 0 Å². The van der Waals surface area contributed by atoms with Crippen LogP contribution in [0, 0.1) is 0 Å². The van der Waals surface area contributed by atoms with Crippen molar-refractivity contribution in [3.8, 4) is 0 Å². The van der Waals surface area contributed by atoms with Gasteiger partial charge in [0.2, 0.25) is 17.8 Å². The van der Waals surface area contributed by atoms with Gasteiger partial charge in [-0.1, -0.05) is 0 Å². The summed E-state index contributed by atoms with van der Waals surface area (Å²) in [4.78, 5) is 21.9. The average Bonchev–Trinajstić information content (AvgIpc) is 0.931. The van der Waals surface area contributed by atoms with Crippen LogP contribution in [0.5, 0.6) is 0 Å². The van der Waals surface area contributed by atoms with Crippen molar-refractivity contribution >= 4 is 17.8 Å². The molecule has 22 nitrogen and oxygen atoms in total. The quantitative estimate of drug-likeness (QED) is 0.255. The molecule has 1 aromatic heterocycles. The van der Waals surface area contributed by atoms with Crippen LogP contribution in [-0.4, -0.2) is 174 Å². The van der Waals surface area contributed by atoms with Crippen LogP contribution >= 0.6 is 0 Å². The zero-order chi connectivity index (χ0) is 66.5. The number of rotatable bonds is 8. The van der Waals surface area contributed by atoms with Crippen LogP contribution in [0.4, 0.5) is 17.8 Å². The van der Waals surface area contributed by atoms with Crippen LogP contribution in [-0.2, 0) is 41.7 Å². The molecule has 8 aliphatic rings. The lowest BCUT2D eigenvalue weighted by atomic mass is 9.63. The molecule has 8 saturated heterocycles. The molecule has 0 saturated carbocycles. The molecule has 88 heavy (non-hydrogen) atoms. The lowest BCUT2D eigenvalue weighted by Crippen LogP contribution is -2.74. The monoisotopic (exact) mass is 1230 g/mol. The molecule has 3 unspecified atom stereocenters. The second-order valence-corrected chi connectivity index (χ2v) is 38.2. The molecule has 22 heteroatoms. The Bertz CT molecular complexity index is 2530. The summed E-state index contributed by atoms with van der Waals surface area (Å²) < 4.78 is 0. The lowest BCUT2D eigenvalue weighted by Gasteiger charge is -2.64. The van der Waals surface area contributed by atoms with Gasteiger partial charge < -0.3 is 15.1 Å². The van der Waals surface area contributed by atoms with Crippen LogP contribution < -0.4 is 15.1 Å². The third kappa shape index (κ3) is 11.9. The third-order valence-electron chi connectivity index (χ3n) is 23.0. The SMILES string of the molecule is CC1(C)CC(N(c2nc(NC3CC(C)(C)N([O])C4(C3)CC(C)(C)N([O])C(C)(C)C4)nc(N(C3CC(C)(C)N([O])C(C)(C)C3)C3CC(C)(C)N([O])C4(C3)CC(C)(C)N([O])C(C)(C)C4)n2)C2CC(C)(C)N([O])C3(C2)CC(C)(C)N([O])C(C)(C)C3)CC(C)(C)N1[O]. The fraction of sp³-hybridized carbons (Fsp3) is 0.955. The van der Waals surface area contributed by atoms with Gasteiger partial charge in [0, 0.05) is 102 Å². The van der Waals surface area contributed by atoms with Crippen LogP contribution in [0.2, 0.25) is 0 Å². The van der Waals surface area contributed by atoms with E-state index >= 15 is 15.6 Å². The molecule has 1 aromatic rings. The largest absolute Gasteiger partial charge is 0.351 e. The maximum Gasteiger partial charge on any atom is 0.232 e. The van der Waals surface area contributed by atoms with E-state index in [9.17, 15) is 26.0 Å². The Balaban J connectivity index is 1.32. The Morgan fingerprint density at radius 3 is 0.739 bits per heavy atom. The van der Waals surface area contributed by atoms with Gasteiger partial charge in [0.05, 0.1) is 16.6 Å². The zero-order valence-corrected chi connectivity index (χ0v) is 59.3. The summed E-state index contributed by atoms with van der Waals surface area (Å²) in [6.45, 7) is 51.1. The van der Waals surface area contributed by atoms with E-state index in [1.165, 1.54) is 40.5 Å². The lowest BCUT2D eigenvalue weighted by molar-refractivity contribution is -0.361. The van der Waals surface area contributed by atoms with Crippen molar-refractivity contribution in [3.05, 3.63) is 0 Å². The Hall–Kier alpha value is -2.23. The average molecular weight is 1230 g/mol. The first-order valence-corrected chi connectivity index (χ1v) is 33.3. The molecule has 8 aliphatic heterocycles. The molecule has 8 fully saturated rings. The Morgan fingerprint density at radius 1 is 0.273 bits per heavy atom. The van der Waals surface area contributed by atoms with E-state index in [1.807, 2.05) is 180 Å². The standard InChI is InChI=1S/C66H116N14O8/c1-51(2)27-43(28-64(78(51)86)37-58(15,16)75(83)59(17,18)38-64)67-48-68-49(71(44-29-52(3,4)73(81)53(5,6)30-44)46-33-56(11,12)79(87)65(35-46)39-60(19,20)76(84)61(21,22)40-65)70-50(69-48)72(45-31-54(7,8)74(82)55(9,10)32-45)47-34-57(13,14)80(88)66(36-47)41-62(23,24)77(85)63(25,26)42-66/h43-47H,27-42H2,1-26H3,(H,67,68,69,70). The maximum atomic E-state index is 15.5. The number of hydrogen-bond acceptors (Lipinski definition) is 14. The molecule has 0 amide bonds. The number of hydroxylamine groups is 16. The number of nitrogens with zero attached hydrogens (tertiary/aromatic N) is 13. The van der Waals surface area contributed by atoms with Gasteiger partial charge in [0.1, 0.15) is 0 Å². The third-order valence-corrected chi connectivity index (χ3v) is 23.0. The van der Waals surface area contributed by atoms with Gasteiger partial charge in [0.15, 0.2) is 0 Å². The van der Waals surface area contributed by atoms with Crippen LogP contribution in [0.1, 0.15) is 283 Å². The number of piperidine rings is 8. The topological polar surface area (TPSA) is 242 Å². The highest BCUT2D eigenvalue weighted by Gasteiger charge is 2.66. The molecule has 0 bridgehead atoms. The summed E-state index contributed by atoms with van der Waals surface area (Å²) in [5, 5.41) is 132. The first-order valence-electron chi connectivity index (χ1n) is 33.3. The van der Waals surface area contributed by atoms with Crippen LogP contribution in [0.15, 0.2) is 0 Å². The Morgan fingerprint density at radius 2 is 0.477 bits per heavy atom. The predicted molar refractivity (Wildman–Crippen MR) is 333 cm³/mol. The molecule has 9 heterocycles. The van der Waals surface area contributed by atoms with E-state index in [4.69, 9.17) is 15.0 Å². The first-order chi connectivity index (χ1) is 39.4. The molecular weight excluding hydrogens is 1120 g/mol. The summed E-state index contributed by atoms with van der Waals surface area (Å²) in [6.07, 6.45) is 5.99. The van der Waals surface area contributed by atoms with Crippen molar-refractivity contribution in [1.82, 2.24) is 55.5 Å². The van der Waals surface area contributed by atoms with Crippen molar-refractivity contribution in [2.45, 2.75) is 402 Å². The minimum atomic E-state index is -1.00. The molecule has 1 N–H and O–H groups in total. The highest BCUT2D eigenvalue weighted by Crippen LogP contribution is 2.58. The van der Waals surface area contributed by atoms with E-state index in [2.05, 4.69) is 15.1 Å². The van der Waals surface area contributed by atoms with Crippen molar-refractivity contribution in [2.24, 2.45) is 0 Å². The predicted octanol–water partition coefficient (Wildman–Crippen LogP) is 11.6. The van der Waals surface area contributed by atoms with E-state index < -0.39 is 101 Å². The van der Waals surface area contributed by atoms with Crippen molar-refractivity contribution in [2.75, 3.05) is 15.1 Å². The van der Waals surface area contributed by atoms with Gasteiger partial charge >= 0.3 is 0 Å². The first kappa shape index (κ1) is 70.1. The van der Waals surface area contributed by atoms with E-state index in [0.29, 0.717) is 115 Å². The second-order valence-electron chi connectivity index (χ2n) is 38.2. The molecule has 8 radical (unpaired) electrons. The van der Waals surface area contributed by atoms with E-state index in [1.54, 1.807) is 0 Å². The van der Waals surface area contributed by atoms with Gasteiger partial charge in [-0.3, -0.25) is 0 Å². The molecule has 0 aliphatic carbocycles. The number of anilines is 3.